The number of nitrogens with one attached hydrogen (secondary N) is 1. The van der Waals surface area contributed by atoms with Crippen molar-refractivity contribution in [1.82, 2.24) is 0 Å². The number of rotatable bonds is 3. The molecule has 1 aromatic carbocycles. The molecule has 0 saturated heterocycles. The number of halogens is 1. The summed E-state index contributed by atoms with van der Waals surface area (Å²) in [5, 5.41) is 28.9. The van der Waals surface area contributed by atoms with Crippen molar-refractivity contribution in [3.63, 3.8) is 0 Å². The fourth-order valence-corrected chi connectivity index (χ4v) is 1.83. The van der Waals surface area contributed by atoms with Gasteiger partial charge in [-0.15, -0.1) is 0 Å². The van der Waals surface area contributed by atoms with Gasteiger partial charge in [0.05, 0.1) is 11.3 Å². The lowest BCUT2D eigenvalue weighted by Gasteiger charge is -2.08. The molecule has 1 aromatic rings. The first-order chi connectivity index (χ1) is 8.49. The van der Waals surface area contributed by atoms with Crippen molar-refractivity contribution in [1.29, 1.82) is 10.5 Å². The second kappa shape index (κ2) is 5.85. The lowest BCUT2D eigenvalue weighted by Crippen LogP contribution is -2.02. The number of nitriles is 2. The maximum atomic E-state index is 11.0. The van der Waals surface area contributed by atoms with E-state index in [1.54, 1.807) is 25.1 Å². The molecule has 0 aromatic heterocycles. The molecule has 0 radical (unpaired) electrons. The van der Waals surface area contributed by atoms with E-state index in [2.05, 4.69) is 21.2 Å². The van der Waals surface area contributed by atoms with Crippen molar-refractivity contribution in [3.8, 4) is 12.1 Å². The molecule has 6 heteroatoms. The summed E-state index contributed by atoms with van der Waals surface area (Å²) in [7, 11) is 0. The molecular formula is C12H8BrN3O2. The normalized spacial score (nSPS) is 8.89. The molecule has 0 unspecified atom stereocenters. The van der Waals surface area contributed by atoms with Crippen molar-refractivity contribution in [2.75, 3.05) is 5.32 Å². The molecule has 0 bridgehead atoms. The molecule has 90 valence electrons. The van der Waals surface area contributed by atoms with Crippen LogP contribution in [0.2, 0.25) is 0 Å². The summed E-state index contributed by atoms with van der Waals surface area (Å²) in [6.07, 6.45) is 1.22. The fourth-order valence-electron chi connectivity index (χ4n) is 1.25. The predicted octanol–water partition coefficient (Wildman–Crippen LogP) is 2.80. The van der Waals surface area contributed by atoms with Gasteiger partial charge in [0, 0.05) is 10.7 Å². The van der Waals surface area contributed by atoms with Crippen LogP contribution in [0.25, 0.3) is 0 Å². The first-order valence-electron chi connectivity index (χ1n) is 4.80. The maximum absolute atomic E-state index is 11.0. The molecule has 0 aliphatic heterocycles. The summed E-state index contributed by atoms with van der Waals surface area (Å²) >= 11 is 3.27. The number of hydrogen-bond acceptors (Lipinski definition) is 4. The monoisotopic (exact) mass is 305 g/mol. The van der Waals surface area contributed by atoms with Gasteiger partial charge in [-0.05, 0) is 40.5 Å². The van der Waals surface area contributed by atoms with E-state index in [-0.39, 0.29) is 11.1 Å². The number of carboxylic acid groups (broad SMARTS) is 1. The van der Waals surface area contributed by atoms with Gasteiger partial charge in [-0.1, -0.05) is 0 Å². The molecule has 0 aliphatic carbocycles. The highest BCUT2D eigenvalue weighted by molar-refractivity contribution is 9.10. The van der Waals surface area contributed by atoms with Crippen LogP contribution in [0.4, 0.5) is 5.69 Å². The summed E-state index contributed by atoms with van der Waals surface area (Å²) in [5.74, 6) is -1.03. The van der Waals surface area contributed by atoms with Crippen molar-refractivity contribution in [3.05, 3.63) is 39.5 Å². The Morgan fingerprint density at radius 1 is 1.44 bits per heavy atom. The van der Waals surface area contributed by atoms with Gasteiger partial charge in [-0.2, -0.15) is 10.5 Å². The molecule has 0 atom stereocenters. The van der Waals surface area contributed by atoms with Gasteiger partial charge in [-0.25, -0.2) is 4.79 Å². The second-order valence-electron chi connectivity index (χ2n) is 3.38. The zero-order valence-electron chi connectivity index (χ0n) is 9.36. The molecule has 18 heavy (non-hydrogen) atoms. The smallest absolute Gasteiger partial charge is 0.336 e. The van der Waals surface area contributed by atoms with Crippen LogP contribution in [-0.2, 0) is 0 Å². The van der Waals surface area contributed by atoms with Gasteiger partial charge in [0.2, 0.25) is 0 Å². The van der Waals surface area contributed by atoms with E-state index in [9.17, 15) is 4.79 Å². The number of anilines is 1. The molecule has 1 rings (SSSR count). The number of aryl methyl sites for hydroxylation is 1. The number of allylic oxidation sites excluding steroid dienone is 1. The van der Waals surface area contributed by atoms with Crippen LogP contribution in [0.5, 0.6) is 0 Å². The Labute approximate surface area is 112 Å². The largest absolute Gasteiger partial charge is 0.478 e. The predicted molar refractivity (Wildman–Crippen MR) is 68.8 cm³/mol. The lowest BCUT2D eigenvalue weighted by molar-refractivity contribution is 0.0696. The summed E-state index contributed by atoms with van der Waals surface area (Å²) in [5.41, 5.74) is 1.15. The third kappa shape index (κ3) is 3.09. The van der Waals surface area contributed by atoms with Gasteiger partial charge >= 0.3 is 5.97 Å². The summed E-state index contributed by atoms with van der Waals surface area (Å²) in [6, 6.07) is 6.48. The molecule has 0 spiro atoms. The topological polar surface area (TPSA) is 96.9 Å². The van der Waals surface area contributed by atoms with Crippen molar-refractivity contribution >= 4 is 27.6 Å². The average Bonchev–Trinajstić information content (AvgIpc) is 2.32. The Morgan fingerprint density at radius 3 is 2.56 bits per heavy atom. The highest BCUT2D eigenvalue weighted by Gasteiger charge is 2.10. The van der Waals surface area contributed by atoms with Gasteiger partial charge in [0.15, 0.2) is 0 Å². The third-order valence-electron chi connectivity index (χ3n) is 2.16. The van der Waals surface area contributed by atoms with Gasteiger partial charge < -0.3 is 10.4 Å². The Bertz CT molecular complexity index is 593. The Kier molecular flexibility index (Phi) is 4.47. The third-order valence-corrected chi connectivity index (χ3v) is 2.81. The number of benzene rings is 1. The fraction of sp³-hybridized carbons (Fsp3) is 0.0833. The summed E-state index contributed by atoms with van der Waals surface area (Å²) in [4.78, 5) is 11.0. The zero-order chi connectivity index (χ0) is 13.7. The van der Waals surface area contributed by atoms with Gasteiger partial charge in [0.1, 0.15) is 17.7 Å². The molecule has 5 nitrogen and oxygen atoms in total. The summed E-state index contributed by atoms with van der Waals surface area (Å²) < 4.78 is 0.650. The van der Waals surface area contributed by atoms with E-state index in [0.717, 1.165) is 0 Å². The van der Waals surface area contributed by atoms with Crippen LogP contribution < -0.4 is 5.32 Å². The molecule has 2 N–H and O–H groups in total. The van der Waals surface area contributed by atoms with Crippen molar-refractivity contribution in [2.24, 2.45) is 0 Å². The van der Waals surface area contributed by atoms with Crippen LogP contribution in [0.1, 0.15) is 15.9 Å². The van der Waals surface area contributed by atoms with Crippen molar-refractivity contribution in [2.45, 2.75) is 6.92 Å². The van der Waals surface area contributed by atoms with E-state index in [4.69, 9.17) is 15.6 Å². The number of aromatic carboxylic acids is 1. The van der Waals surface area contributed by atoms with Crippen LogP contribution in [0.3, 0.4) is 0 Å². The Balaban J connectivity index is 3.16. The minimum atomic E-state index is -1.03. The van der Waals surface area contributed by atoms with Crippen molar-refractivity contribution < 1.29 is 9.90 Å². The van der Waals surface area contributed by atoms with Crippen LogP contribution in [0, 0.1) is 29.6 Å². The molecule has 0 amide bonds. The summed E-state index contributed by atoms with van der Waals surface area (Å²) in [6.45, 7) is 1.68. The number of nitrogens with zero attached hydrogens (tertiary/aromatic N) is 2. The highest BCUT2D eigenvalue weighted by atomic mass is 79.9. The lowest BCUT2D eigenvalue weighted by atomic mass is 10.1. The molecule has 0 saturated carbocycles. The average molecular weight is 306 g/mol. The Morgan fingerprint density at radius 2 is 2.06 bits per heavy atom. The Hall–Kier alpha value is -2.31. The molecule has 0 heterocycles. The van der Waals surface area contributed by atoms with Gasteiger partial charge in [0.25, 0.3) is 0 Å². The first-order valence-corrected chi connectivity index (χ1v) is 5.59. The highest BCUT2D eigenvalue weighted by Crippen LogP contribution is 2.26. The van der Waals surface area contributed by atoms with E-state index in [1.807, 2.05) is 0 Å². The zero-order valence-corrected chi connectivity index (χ0v) is 10.9. The number of hydrogen-bond donors (Lipinski definition) is 2. The molecular weight excluding hydrogens is 298 g/mol. The van der Waals surface area contributed by atoms with Crippen LogP contribution in [-0.4, -0.2) is 11.1 Å². The quantitative estimate of drug-likeness (QED) is 0.837. The first kappa shape index (κ1) is 13.8. The SMILES string of the molecule is Cc1cc(Br)c(NC=C(C#N)C#N)cc1C(=O)O. The number of carbonyl (C=O) groups is 1. The van der Waals surface area contributed by atoms with E-state index >= 15 is 0 Å². The van der Waals surface area contributed by atoms with Gasteiger partial charge in [-0.3, -0.25) is 0 Å². The maximum Gasteiger partial charge on any atom is 0.336 e. The molecule has 0 aliphatic rings. The standard InChI is InChI=1S/C12H8BrN3O2/c1-7-2-10(13)11(3-9(7)12(17)18)16-6-8(4-14)5-15/h2-3,6,16H,1H3,(H,17,18). The van der Waals surface area contributed by atoms with E-state index in [0.29, 0.717) is 15.7 Å². The van der Waals surface area contributed by atoms with E-state index < -0.39 is 5.97 Å². The minimum absolute atomic E-state index is 0.0978. The van der Waals surface area contributed by atoms with E-state index in [1.165, 1.54) is 12.3 Å². The minimum Gasteiger partial charge on any atom is -0.478 e. The van der Waals surface area contributed by atoms with Crippen LogP contribution >= 0.6 is 15.9 Å². The second-order valence-corrected chi connectivity index (χ2v) is 4.23. The number of carboxylic acids is 1. The molecule has 0 fully saturated rings. The van der Waals surface area contributed by atoms with Crippen LogP contribution in [0.15, 0.2) is 28.4 Å².